The number of nitrogens with zero attached hydrogens (tertiary/aromatic N) is 2. The van der Waals surface area contributed by atoms with Crippen LogP contribution in [0, 0.1) is 5.92 Å². The molecule has 1 aliphatic rings. The average molecular weight is 337 g/mol. The number of hydrogen-bond acceptors (Lipinski definition) is 2. The van der Waals surface area contributed by atoms with E-state index in [9.17, 15) is 0 Å². The Labute approximate surface area is 152 Å². The van der Waals surface area contributed by atoms with Crippen molar-refractivity contribution in [2.45, 2.75) is 111 Å². The molecule has 2 nitrogen and oxygen atoms in total. The normalized spacial score (nSPS) is 17.5. The molecule has 1 heterocycles. The van der Waals surface area contributed by atoms with Crippen LogP contribution < -0.4 is 0 Å². The van der Waals surface area contributed by atoms with Crippen LogP contribution in [0.15, 0.2) is 12.4 Å². The molecular weight excluding hydrogens is 292 g/mol. The molecule has 1 aliphatic heterocycles. The van der Waals surface area contributed by atoms with Gasteiger partial charge in [0.2, 0.25) is 0 Å². The molecule has 0 radical (unpaired) electrons. The van der Waals surface area contributed by atoms with Crippen molar-refractivity contribution in [2.75, 3.05) is 13.1 Å². The van der Waals surface area contributed by atoms with Gasteiger partial charge in [0.25, 0.3) is 0 Å². The van der Waals surface area contributed by atoms with E-state index >= 15 is 0 Å². The predicted octanol–water partition coefficient (Wildman–Crippen LogP) is 6.78. The maximum absolute atomic E-state index is 2.60. The van der Waals surface area contributed by atoms with E-state index in [0.717, 1.165) is 0 Å². The van der Waals surface area contributed by atoms with Crippen LogP contribution in [0.4, 0.5) is 0 Å². The molecule has 0 saturated heterocycles. The minimum Gasteiger partial charge on any atom is -0.356 e. The van der Waals surface area contributed by atoms with Crippen molar-refractivity contribution in [1.82, 2.24) is 9.80 Å². The summed E-state index contributed by atoms with van der Waals surface area (Å²) in [6.45, 7) is 11.8. The fourth-order valence-electron chi connectivity index (χ4n) is 3.87. The largest absolute Gasteiger partial charge is 0.356 e. The molecule has 1 unspecified atom stereocenters. The third kappa shape index (κ3) is 8.44. The van der Waals surface area contributed by atoms with Crippen molar-refractivity contribution in [3.8, 4) is 0 Å². The predicted molar refractivity (Wildman–Crippen MR) is 108 cm³/mol. The van der Waals surface area contributed by atoms with Crippen LogP contribution in [-0.2, 0) is 0 Å². The van der Waals surface area contributed by atoms with E-state index in [1.54, 1.807) is 0 Å². The lowest BCUT2D eigenvalue weighted by molar-refractivity contribution is 0.104. The summed E-state index contributed by atoms with van der Waals surface area (Å²) in [4.78, 5) is 5.19. The molecule has 0 N–H and O–H groups in total. The summed E-state index contributed by atoms with van der Waals surface area (Å²) in [6.07, 6.45) is 22.0. The summed E-state index contributed by atoms with van der Waals surface area (Å²) in [5, 5.41) is 0. The summed E-state index contributed by atoms with van der Waals surface area (Å²) in [5.41, 5.74) is 0. The van der Waals surface area contributed by atoms with E-state index in [0.29, 0.717) is 12.1 Å². The first-order valence-corrected chi connectivity index (χ1v) is 10.9. The fourth-order valence-corrected chi connectivity index (χ4v) is 3.87. The number of unbranched alkanes of at least 4 members (excludes halogenated alkanes) is 10. The van der Waals surface area contributed by atoms with Gasteiger partial charge in [-0.25, -0.2) is 0 Å². The van der Waals surface area contributed by atoms with Gasteiger partial charge in [-0.2, -0.15) is 0 Å². The molecular formula is C22H44N2. The Bertz CT molecular complexity index is 311. The summed E-state index contributed by atoms with van der Waals surface area (Å²) in [6, 6.07) is 0. The molecule has 0 aromatic carbocycles. The van der Waals surface area contributed by atoms with E-state index < -0.39 is 0 Å². The van der Waals surface area contributed by atoms with Crippen LogP contribution in [0.25, 0.3) is 0 Å². The Morgan fingerprint density at radius 3 is 1.42 bits per heavy atom. The first-order chi connectivity index (χ1) is 11.7. The van der Waals surface area contributed by atoms with Gasteiger partial charge < -0.3 is 9.80 Å². The molecule has 0 bridgehead atoms. The van der Waals surface area contributed by atoms with Crippen molar-refractivity contribution in [3.63, 3.8) is 0 Å². The number of rotatable bonds is 15. The van der Waals surface area contributed by atoms with Gasteiger partial charge in [-0.15, -0.1) is 0 Å². The van der Waals surface area contributed by atoms with Gasteiger partial charge in [-0.1, -0.05) is 91.9 Å². The van der Waals surface area contributed by atoms with Crippen molar-refractivity contribution < 1.29 is 0 Å². The molecule has 2 heteroatoms. The average Bonchev–Trinajstić information content (AvgIpc) is 2.97. The Hall–Kier alpha value is -0.660. The van der Waals surface area contributed by atoms with Crippen molar-refractivity contribution in [1.29, 1.82) is 0 Å². The van der Waals surface area contributed by atoms with Gasteiger partial charge in [0.05, 0.1) is 0 Å². The Morgan fingerprint density at radius 1 is 0.625 bits per heavy atom. The van der Waals surface area contributed by atoms with E-state index in [1.165, 1.54) is 90.1 Å². The smallest absolute Gasteiger partial charge is 0.103 e. The molecule has 0 aromatic rings. The second kappa shape index (κ2) is 13.6. The zero-order valence-electron chi connectivity index (χ0n) is 17.1. The lowest BCUT2D eigenvalue weighted by Crippen LogP contribution is -2.43. The molecule has 0 fully saturated rings. The first kappa shape index (κ1) is 21.4. The third-order valence-electron chi connectivity index (χ3n) is 5.27. The second-order valence-corrected chi connectivity index (χ2v) is 7.97. The maximum Gasteiger partial charge on any atom is 0.103 e. The Kier molecular flexibility index (Phi) is 12.1. The van der Waals surface area contributed by atoms with Gasteiger partial charge in [0.1, 0.15) is 6.17 Å². The van der Waals surface area contributed by atoms with Gasteiger partial charge in [-0.05, 0) is 18.8 Å². The van der Waals surface area contributed by atoms with Crippen LogP contribution in [0.2, 0.25) is 0 Å². The van der Waals surface area contributed by atoms with Gasteiger partial charge in [-0.3, -0.25) is 0 Å². The van der Waals surface area contributed by atoms with Crippen molar-refractivity contribution in [2.24, 2.45) is 5.92 Å². The highest BCUT2D eigenvalue weighted by atomic mass is 15.4. The molecule has 0 spiro atoms. The van der Waals surface area contributed by atoms with Crippen LogP contribution >= 0.6 is 0 Å². The van der Waals surface area contributed by atoms with Gasteiger partial charge in [0.15, 0.2) is 0 Å². The topological polar surface area (TPSA) is 6.48 Å². The Balaban J connectivity index is 2.18. The number of hydrogen-bond donors (Lipinski definition) is 0. The molecule has 0 saturated carbocycles. The minimum absolute atomic E-state index is 0.594. The zero-order chi connectivity index (χ0) is 17.6. The summed E-state index contributed by atoms with van der Waals surface area (Å²) in [5.74, 6) is 0.695. The van der Waals surface area contributed by atoms with E-state index in [-0.39, 0.29) is 0 Å². The van der Waals surface area contributed by atoms with Crippen LogP contribution in [0.1, 0.15) is 105 Å². The van der Waals surface area contributed by atoms with E-state index in [2.05, 4.69) is 49.9 Å². The molecule has 1 rings (SSSR count). The fraction of sp³-hybridized carbons (Fsp3) is 0.909. The Morgan fingerprint density at radius 2 is 1.00 bits per heavy atom. The van der Waals surface area contributed by atoms with E-state index in [4.69, 9.17) is 0 Å². The van der Waals surface area contributed by atoms with Gasteiger partial charge in [0, 0.05) is 25.5 Å². The zero-order valence-corrected chi connectivity index (χ0v) is 17.1. The summed E-state index contributed by atoms with van der Waals surface area (Å²) < 4.78 is 0. The van der Waals surface area contributed by atoms with E-state index in [1.807, 2.05) is 0 Å². The molecule has 0 aliphatic carbocycles. The molecule has 142 valence electrons. The lowest BCUT2D eigenvalue weighted by Gasteiger charge is -2.36. The van der Waals surface area contributed by atoms with Gasteiger partial charge >= 0.3 is 0 Å². The highest BCUT2D eigenvalue weighted by Crippen LogP contribution is 2.24. The monoisotopic (exact) mass is 336 g/mol. The molecule has 24 heavy (non-hydrogen) atoms. The van der Waals surface area contributed by atoms with Crippen LogP contribution in [-0.4, -0.2) is 29.1 Å². The molecule has 0 amide bonds. The molecule has 1 atom stereocenters. The van der Waals surface area contributed by atoms with Crippen molar-refractivity contribution in [3.05, 3.63) is 12.4 Å². The molecule has 0 aromatic heterocycles. The van der Waals surface area contributed by atoms with Crippen LogP contribution in [0.3, 0.4) is 0 Å². The SMILES string of the molecule is CCCCCCCCCCN1C=CN(CCCCCC)C1C(C)C. The second-order valence-electron chi connectivity index (χ2n) is 7.97. The standard InChI is InChI=1S/C22H44N2/c1-5-7-9-11-12-13-14-16-18-24-20-19-23(22(24)21(3)4)17-15-10-8-6-2/h19-22H,5-18H2,1-4H3. The maximum atomic E-state index is 2.60. The quantitative estimate of drug-likeness (QED) is 0.304. The summed E-state index contributed by atoms with van der Waals surface area (Å²) >= 11 is 0. The van der Waals surface area contributed by atoms with Crippen molar-refractivity contribution >= 4 is 0 Å². The lowest BCUT2D eigenvalue weighted by atomic mass is 10.1. The summed E-state index contributed by atoms with van der Waals surface area (Å²) in [7, 11) is 0. The highest BCUT2D eigenvalue weighted by molar-refractivity contribution is 4.98. The van der Waals surface area contributed by atoms with Crippen LogP contribution in [0.5, 0.6) is 0 Å². The minimum atomic E-state index is 0.594. The third-order valence-corrected chi connectivity index (χ3v) is 5.27. The first-order valence-electron chi connectivity index (χ1n) is 10.9. The highest BCUT2D eigenvalue weighted by Gasteiger charge is 2.27.